The summed E-state index contributed by atoms with van der Waals surface area (Å²) in [6.45, 7) is 0.474. The van der Waals surface area contributed by atoms with Crippen LogP contribution in [0, 0.1) is 5.82 Å². The number of urea groups is 1. The van der Waals surface area contributed by atoms with Crippen LogP contribution in [0.15, 0.2) is 71.7 Å². The molecule has 5 rings (SSSR count). The van der Waals surface area contributed by atoms with Gasteiger partial charge in [-0.2, -0.15) is 0 Å². The predicted molar refractivity (Wildman–Crippen MR) is 212 cm³/mol. The van der Waals surface area contributed by atoms with Crippen molar-refractivity contribution < 1.29 is 33.2 Å². The quantitative estimate of drug-likeness (QED) is 0.0775. The molecular formula is C40H51FN10O6. The Kier molecular flexibility index (Phi) is 14.4. The lowest BCUT2D eigenvalue weighted by atomic mass is 9.99. The van der Waals surface area contributed by atoms with Gasteiger partial charge in [0.2, 0.25) is 29.5 Å². The molecule has 0 unspecified atom stereocenters. The Hall–Kier alpha value is -6.26. The highest BCUT2D eigenvalue weighted by atomic mass is 19.1. The van der Waals surface area contributed by atoms with Crippen molar-refractivity contribution in [2.45, 2.75) is 81.6 Å². The second-order valence-corrected chi connectivity index (χ2v) is 14.4. The first-order chi connectivity index (χ1) is 27.3. The smallest absolute Gasteiger partial charge is 0.312 e. The number of nitrogens with two attached hydrogens (primary N) is 3. The standard InChI is InChI=1S/C40H51FN10O6/c1-50-32(10-5-19-46-40(44)57)35(53)49-31(23-25-12-15-26-7-2-3-8-27(26)21-25)38(56)51-20-6-11-33(51)36(54)48-30(22-24-13-16-28(41)17-14-24)34(52)47-29(37(50)55)9-4-18-45-39(42)43/h2-3,7-8,12-17,21,29-33H,4-6,9-11,18-20,22-23H2,1H3,(H,47,52)(H,48,54)(H,49,53)(H4,42,43,45)(H3,44,46,57)/t29-,30+,31-,32-,33-/m0/s1. The summed E-state index contributed by atoms with van der Waals surface area (Å²) in [5.74, 6) is -3.68. The van der Waals surface area contributed by atoms with Crippen molar-refractivity contribution >= 4 is 52.3 Å². The highest BCUT2D eigenvalue weighted by Crippen LogP contribution is 2.23. The van der Waals surface area contributed by atoms with E-state index in [1.807, 2.05) is 42.5 Å². The van der Waals surface area contributed by atoms with E-state index in [1.165, 1.54) is 41.1 Å². The van der Waals surface area contributed by atoms with Gasteiger partial charge in [0.25, 0.3) is 0 Å². The van der Waals surface area contributed by atoms with Crippen LogP contribution in [0.5, 0.6) is 0 Å². The van der Waals surface area contributed by atoms with Gasteiger partial charge < -0.3 is 48.3 Å². The van der Waals surface area contributed by atoms with Gasteiger partial charge in [0.05, 0.1) is 0 Å². The molecule has 2 fully saturated rings. The fourth-order valence-electron chi connectivity index (χ4n) is 7.35. The third kappa shape index (κ3) is 11.4. The number of aliphatic imine (C=N–C) groups is 1. The maximum absolute atomic E-state index is 14.6. The minimum atomic E-state index is -1.23. The molecule has 10 N–H and O–H groups in total. The van der Waals surface area contributed by atoms with Crippen LogP contribution in [0.3, 0.4) is 0 Å². The molecule has 57 heavy (non-hydrogen) atoms. The lowest BCUT2D eigenvalue weighted by Gasteiger charge is -2.33. The van der Waals surface area contributed by atoms with Gasteiger partial charge in [-0.05, 0) is 72.6 Å². The Balaban J connectivity index is 1.55. The number of fused-ring (bicyclic) bond motifs is 2. The Morgan fingerprint density at radius 2 is 1.46 bits per heavy atom. The first-order valence-corrected chi connectivity index (χ1v) is 19.1. The van der Waals surface area contributed by atoms with E-state index in [9.17, 15) is 33.2 Å². The molecule has 3 aromatic rings. The zero-order valence-corrected chi connectivity index (χ0v) is 31.9. The molecule has 2 heterocycles. The number of guanidine groups is 1. The molecule has 0 radical (unpaired) electrons. The summed E-state index contributed by atoms with van der Waals surface area (Å²) in [5.41, 5.74) is 17.6. The van der Waals surface area contributed by atoms with Crippen molar-refractivity contribution in [2.24, 2.45) is 22.2 Å². The van der Waals surface area contributed by atoms with Crippen LogP contribution in [0.25, 0.3) is 10.8 Å². The molecule has 5 atom stereocenters. The normalized spacial score (nSPS) is 22.1. The maximum Gasteiger partial charge on any atom is 0.312 e. The predicted octanol–water partition coefficient (Wildman–Crippen LogP) is 0.552. The van der Waals surface area contributed by atoms with Gasteiger partial charge in [-0.1, -0.05) is 54.6 Å². The molecule has 16 nitrogen and oxygen atoms in total. The van der Waals surface area contributed by atoms with Crippen molar-refractivity contribution in [3.63, 3.8) is 0 Å². The molecule has 0 bridgehead atoms. The molecule has 7 amide bonds. The largest absolute Gasteiger partial charge is 0.370 e. The summed E-state index contributed by atoms with van der Waals surface area (Å²) in [6, 6.07) is 12.5. The number of rotatable bonds is 12. The van der Waals surface area contributed by atoms with E-state index in [-0.39, 0.29) is 64.1 Å². The van der Waals surface area contributed by atoms with E-state index in [0.29, 0.717) is 18.4 Å². The van der Waals surface area contributed by atoms with E-state index in [0.717, 1.165) is 16.3 Å². The van der Waals surface area contributed by atoms with Crippen LogP contribution in [-0.4, -0.2) is 108 Å². The zero-order valence-electron chi connectivity index (χ0n) is 31.9. The van der Waals surface area contributed by atoms with Crippen molar-refractivity contribution in [2.75, 3.05) is 26.7 Å². The van der Waals surface area contributed by atoms with E-state index in [1.54, 1.807) is 0 Å². The number of halogens is 1. The van der Waals surface area contributed by atoms with Gasteiger partial charge in [0.1, 0.15) is 36.0 Å². The van der Waals surface area contributed by atoms with Crippen molar-refractivity contribution in [1.29, 1.82) is 0 Å². The number of carbonyl (C=O) groups excluding carboxylic acids is 6. The van der Waals surface area contributed by atoms with Crippen LogP contribution in [0.1, 0.15) is 49.7 Å². The van der Waals surface area contributed by atoms with Gasteiger partial charge in [-0.25, -0.2) is 9.18 Å². The van der Waals surface area contributed by atoms with Crippen molar-refractivity contribution in [1.82, 2.24) is 31.1 Å². The minimum Gasteiger partial charge on any atom is -0.370 e. The lowest BCUT2D eigenvalue weighted by Crippen LogP contribution is -2.58. The summed E-state index contributed by atoms with van der Waals surface area (Å²) >= 11 is 0. The van der Waals surface area contributed by atoms with Gasteiger partial charge in [-0.3, -0.25) is 29.0 Å². The van der Waals surface area contributed by atoms with Crippen LogP contribution in [0.4, 0.5) is 9.18 Å². The molecular weight excluding hydrogens is 736 g/mol. The van der Waals surface area contributed by atoms with Gasteiger partial charge >= 0.3 is 6.03 Å². The molecule has 2 aliphatic rings. The number of hydrogen-bond acceptors (Lipinski definition) is 7. The second-order valence-electron chi connectivity index (χ2n) is 14.4. The summed E-state index contributed by atoms with van der Waals surface area (Å²) in [4.78, 5) is 89.7. The van der Waals surface area contributed by atoms with Gasteiger partial charge in [-0.15, -0.1) is 0 Å². The molecule has 17 heteroatoms. The molecule has 2 aliphatic heterocycles. The number of primary amides is 1. The first-order valence-electron chi connectivity index (χ1n) is 19.1. The molecule has 2 saturated heterocycles. The van der Waals surface area contributed by atoms with Crippen LogP contribution < -0.4 is 38.5 Å². The number of amides is 7. The van der Waals surface area contributed by atoms with Crippen LogP contribution in [-0.2, 0) is 36.8 Å². The summed E-state index contributed by atoms with van der Waals surface area (Å²) in [6.07, 6.45) is 1.44. The third-order valence-corrected chi connectivity index (χ3v) is 10.3. The van der Waals surface area contributed by atoms with E-state index in [2.05, 4.69) is 26.3 Å². The summed E-state index contributed by atoms with van der Waals surface area (Å²) in [5, 5.41) is 12.9. The topological polar surface area (TPSA) is 247 Å². The summed E-state index contributed by atoms with van der Waals surface area (Å²) < 4.78 is 13.8. The number of hydrogen-bond donors (Lipinski definition) is 7. The first kappa shape index (κ1) is 41.9. The van der Waals surface area contributed by atoms with Gasteiger partial charge in [0, 0.05) is 39.5 Å². The van der Waals surface area contributed by atoms with E-state index in [4.69, 9.17) is 17.2 Å². The molecule has 304 valence electrons. The summed E-state index contributed by atoms with van der Waals surface area (Å²) in [7, 11) is 1.43. The Morgan fingerprint density at radius 3 is 2.18 bits per heavy atom. The van der Waals surface area contributed by atoms with Crippen LogP contribution in [0.2, 0.25) is 0 Å². The number of nitrogens with zero attached hydrogens (tertiary/aromatic N) is 3. The van der Waals surface area contributed by atoms with Crippen molar-refractivity contribution in [3.05, 3.63) is 83.7 Å². The minimum absolute atomic E-state index is 0.0522. The molecule has 3 aromatic carbocycles. The van der Waals surface area contributed by atoms with E-state index < -0.39 is 71.6 Å². The molecule has 0 aromatic heterocycles. The average molecular weight is 787 g/mol. The van der Waals surface area contributed by atoms with Crippen LogP contribution >= 0.6 is 0 Å². The monoisotopic (exact) mass is 786 g/mol. The SMILES string of the molecule is CN1C(=O)[C@H](CCCN=C(N)N)NC(=O)[C@@H](Cc2ccc(F)cc2)NC(=O)[C@@H]2CCCN2C(=O)[C@H](Cc2ccc3ccccc3c2)NC(=O)[C@@H]1CCCNC(N)=O. The third-order valence-electron chi connectivity index (χ3n) is 10.3. The fraction of sp³-hybridized carbons (Fsp3) is 0.425. The molecule has 0 aliphatic carbocycles. The molecule has 0 saturated carbocycles. The number of carbonyl (C=O) groups is 6. The number of nitrogens with one attached hydrogen (secondary N) is 4. The Morgan fingerprint density at radius 1 is 0.789 bits per heavy atom. The number of likely N-dealkylation sites (N-methyl/N-ethyl adjacent to an activating group) is 1. The number of benzene rings is 3. The lowest BCUT2D eigenvalue weighted by molar-refractivity contribution is -0.144. The maximum atomic E-state index is 14.6. The Labute approximate surface area is 330 Å². The highest BCUT2D eigenvalue weighted by Gasteiger charge is 2.41. The van der Waals surface area contributed by atoms with E-state index >= 15 is 0 Å². The average Bonchev–Trinajstić information content (AvgIpc) is 3.68. The fourth-order valence-corrected chi connectivity index (χ4v) is 7.35. The Bertz CT molecular complexity index is 1970. The van der Waals surface area contributed by atoms with Gasteiger partial charge in [0.15, 0.2) is 5.96 Å². The molecule has 0 spiro atoms. The zero-order chi connectivity index (χ0) is 41.1. The second kappa shape index (κ2) is 19.6. The van der Waals surface area contributed by atoms with Crippen molar-refractivity contribution in [3.8, 4) is 0 Å². The highest BCUT2D eigenvalue weighted by molar-refractivity contribution is 5.98.